The summed E-state index contributed by atoms with van der Waals surface area (Å²) >= 11 is 0. The first-order chi connectivity index (χ1) is 15.9. The average molecular weight is 459 g/mol. The molecule has 0 radical (unpaired) electrons. The Labute approximate surface area is 191 Å². The summed E-state index contributed by atoms with van der Waals surface area (Å²) in [6.07, 6.45) is 0. The van der Waals surface area contributed by atoms with E-state index in [1.54, 1.807) is 28.5 Å². The lowest BCUT2D eigenvalue weighted by Crippen LogP contribution is -2.36. The van der Waals surface area contributed by atoms with Gasteiger partial charge in [-0.25, -0.2) is 14.1 Å². The smallest absolute Gasteiger partial charge is 0.296 e. The highest BCUT2D eigenvalue weighted by molar-refractivity contribution is 7.72. The first-order valence-electron chi connectivity index (χ1n) is 10.6. The molecule has 0 fully saturated rings. The number of rotatable bonds is 4. The predicted octanol–water partition coefficient (Wildman–Crippen LogP) is 5.58. The molecule has 0 saturated heterocycles. The van der Waals surface area contributed by atoms with Gasteiger partial charge in [-0.2, -0.15) is 5.10 Å². The van der Waals surface area contributed by atoms with Gasteiger partial charge in [0.2, 0.25) is 0 Å². The van der Waals surface area contributed by atoms with Gasteiger partial charge >= 0.3 is 0 Å². The number of anilines is 1. The number of aryl methyl sites for hydroxylation is 2. The monoisotopic (exact) mass is 459 g/mol. The number of benzene rings is 3. The summed E-state index contributed by atoms with van der Waals surface area (Å²) in [6, 6.07) is 23.4. The van der Waals surface area contributed by atoms with Crippen LogP contribution in [-0.2, 0) is 4.57 Å². The van der Waals surface area contributed by atoms with E-state index in [0.717, 1.165) is 16.9 Å². The lowest BCUT2D eigenvalue weighted by atomic mass is 10.2. The number of hydrogen-bond donors (Lipinski definition) is 1. The van der Waals surface area contributed by atoms with Gasteiger partial charge in [0.15, 0.2) is 5.82 Å². The second kappa shape index (κ2) is 8.01. The Morgan fingerprint density at radius 2 is 1.58 bits per heavy atom. The molecule has 6 nitrogen and oxygen atoms in total. The van der Waals surface area contributed by atoms with Crippen LogP contribution in [0.3, 0.4) is 0 Å². The van der Waals surface area contributed by atoms with Gasteiger partial charge in [0, 0.05) is 18.3 Å². The van der Waals surface area contributed by atoms with Crippen LogP contribution in [0, 0.1) is 19.7 Å². The van der Waals surface area contributed by atoms with Crippen molar-refractivity contribution in [3.05, 3.63) is 102 Å². The Balaban J connectivity index is 1.76. The van der Waals surface area contributed by atoms with Crippen LogP contribution in [0.2, 0.25) is 0 Å². The van der Waals surface area contributed by atoms with E-state index in [-0.39, 0.29) is 5.82 Å². The van der Waals surface area contributed by atoms with Crippen molar-refractivity contribution in [1.29, 1.82) is 0 Å². The molecule has 1 aliphatic rings. The molecule has 0 spiro atoms. The van der Waals surface area contributed by atoms with Crippen LogP contribution >= 0.6 is 7.44 Å². The van der Waals surface area contributed by atoms with E-state index < -0.39 is 7.44 Å². The summed E-state index contributed by atoms with van der Waals surface area (Å²) in [7, 11) is -1.69. The van der Waals surface area contributed by atoms with Gasteiger partial charge in [-0.3, -0.25) is 9.24 Å². The molecule has 0 aliphatic carbocycles. The molecule has 0 amide bonds. The minimum atomic E-state index is -3.44. The summed E-state index contributed by atoms with van der Waals surface area (Å²) in [5, 5.41) is 8.59. The van der Waals surface area contributed by atoms with Gasteiger partial charge in [-0.15, -0.1) is 0 Å². The summed E-state index contributed by atoms with van der Waals surface area (Å²) in [5.74, 6) is 0.634. The summed E-state index contributed by atoms with van der Waals surface area (Å²) < 4.78 is 31.8. The van der Waals surface area contributed by atoms with Crippen LogP contribution in [-0.4, -0.2) is 27.3 Å². The van der Waals surface area contributed by atoms with E-state index in [2.05, 4.69) is 5.09 Å². The number of aliphatic imine (C=N–C) groups is 1. The molecule has 8 heteroatoms. The normalized spacial score (nSPS) is 17.5. The third kappa shape index (κ3) is 3.55. The zero-order chi connectivity index (χ0) is 23.2. The minimum absolute atomic E-state index is 0.343. The van der Waals surface area contributed by atoms with Crippen molar-refractivity contribution < 1.29 is 8.96 Å². The fraction of sp³-hybridized carbons (Fsp3) is 0.120. The van der Waals surface area contributed by atoms with Crippen molar-refractivity contribution in [3.8, 4) is 5.69 Å². The highest BCUT2D eigenvalue weighted by Crippen LogP contribution is 2.54. The number of para-hydroxylation sites is 2. The van der Waals surface area contributed by atoms with E-state index in [1.807, 2.05) is 68.4 Å². The van der Waals surface area contributed by atoms with Crippen molar-refractivity contribution in [2.24, 2.45) is 4.99 Å². The van der Waals surface area contributed by atoms with Gasteiger partial charge < -0.3 is 5.09 Å². The van der Waals surface area contributed by atoms with E-state index >= 15 is 0 Å². The van der Waals surface area contributed by atoms with Crippen LogP contribution in [0.25, 0.3) is 5.69 Å². The fourth-order valence-corrected chi connectivity index (χ4v) is 6.48. The second-order valence-corrected chi connectivity index (χ2v) is 10.4. The van der Waals surface area contributed by atoms with E-state index in [4.69, 9.17) is 10.1 Å². The maximum atomic E-state index is 14.8. The zero-order valence-corrected chi connectivity index (χ0v) is 19.4. The average Bonchev–Trinajstić information content (AvgIpc) is 3.16. The van der Waals surface area contributed by atoms with Crippen LogP contribution in [0.15, 0.2) is 83.9 Å². The van der Waals surface area contributed by atoms with Crippen molar-refractivity contribution in [3.63, 3.8) is 0 Å². The lowest BCUT2D eigenvalue weighted by molar-refractivity contribution is 0.553. The van der Waals surface area contributed by atoms with Gasteiger partial charge in [-0.1, -0.05) is 36.4 Å². The minimum Gasteiger partial charge on any atom is -0.316 e. The molecule has 1 N–H and O–H groups in total. The first-order valence-corrected chi connectivity index (χ1v) is 12.2. The lowest BCUT2D eigenvalue weighted by Gasteiger charge is -2.35. The quantitative estimate of drug-likeness (QED) is 0.405. The number of aromatic nitrogens is 2. The van der Waals surface area contributed by atoms with Crippen LogP contribution in [0.4, 0.5) is 15.9 Å². The molecule has 1 aromatic heterocycles. The van der Waals surface area contributed by atoms with Gasteiger partial charge in [0.1, 0.15) is 17.0 Å². The maximum absolute atomic E-state index is 14.8. The molecule has 1 aliphatic heterocycles. The number of amidine groups is 1. The molecule has 1 atom stereocenters. The maximum Gasteiger partial charge on any atom is 0.296 e. The van der Waals surface area contributed by atoms with Gasteiger partial charge in [-0.05, 0) is 61.9 Å². The highest BCUT2D eigenvalue weighted by Gasteiger charge is 2.43. The van der Waals surface area contributed by atoms with Gasteiger partial charge in [0.05, 0.1) is 11.4 Å². The zero-order valence-electron chi connectivity index (χ0n) is 18.5. The fourth-order valence-electron chi connectivity index (χ4n) is 4.01. The molecule has 5 rings (SSSR count). The summed E-state index contributed by atoms with van der Waals surface area (Å²) in [6.45, 7) is 3.81. The third-order valence-corrected chi connectivity index (χ3v) is 8.48. The molecule has 0 bridgehead atoms. The van der Waals surface area contributed by atoms with Crippen molar-refractivity contribution in [2.45, 2.75) is 13.8 Å². The SMILES string of the molecule is Cc1ccccc1NP1(=O)c2c(C)nn(-c3ccccc3)c2N=C(c2ccc(F)cc2)N1C. The topological polar surface area (TPSA) is 62.5 Å². The standard InChI is InChI=1S/C25H23FN5OP/c1-17-9-7-8-12-22(17)29-33(32)23-18(2)28-31(21-10-5-4-6-11-21)25(23)27-24(30(33)3)19-13-15-20(26)16-14-19/h4-16H,1-3H3,(H,29,32). The number of nitrogens with zero attached hydrogens (tertiary/aromatic N) is 4. The van der Waals surface area contributed by atoms with E-state index in [9.17, 15) is 8.96 Å². The number of nitrogens with one attached hydrogen (secondary N) is 1. The van der Waals surface area contributed by atoms with Crippen molar-refractivity contribution in [2.75, 3.05) is 12.1 Å². The predicted molar refractivity (Wildman–Crippen MR) is 131 cm³/mol. The molecule has 0 saturated carbocycles. The first kappa shape index (κ1) is 21.2. The largest absolute Gasteiger partial charge is 0.316 e. The Morgan fingerprint density at radius 1 is 0.909 bits per heavy atom. The van der Waals surface area contributed by atoms with E-state index in [1.165, 1.54) is 12.1 Å². The van der Waals surface area contributed by atoms with Crippen LogP contribution in [0.1, 0.15) is 16.8 Å². The number of hydrogen-bond acceptors (Lipinski definition) is 3. The van der Waals surface area contributed by atoms with Gasteiger partial charge in [0.25, 0.3) is 7.44 Å². The second-order valence-electron chi connectivity index (χ2n) is 7.97. The number of halogens is 1. The van der Waals surface area contributed by atoms with Crippen LogP contribution < -0.4 is 10.4 Å². The molecule has 4 aromatic rings. The summed E-state index contributed by atoms with van der Waals surface area (Å²) in [4.78, 5) is 4.89. The molecule has 1 unspecified atom stereocenters. The Kier molecular flexibility index (Phi) is 5.14. The molecule has 33 heavy (non-hydrogen) atoms. The third-order valence-electron chi connectivity index (χ3n) is 5.77. The van der Waals surface area contributed by atoms with Crippen LogP contribution in [0.5, 0.6) is 0 Å². The Hall–Kier alpha value is -3.70. The van der Waals surface area contributed by atoms with Crippen molar-refractivity contribution in [1.82, 2.24) is 14.5 Å². The van der Waals surface area contributed by atoms with Crippen molar-refractivity contribution >= 4 is 30.1 Å². The Bertz CT molecular complexity index is 1410. The molecule has 166 valence electrons. The molecular weight excluding hydrogens is 436 g/mol. The molecular formula is C25H23FN5OP. The van der Waals surface area contributed by atoms with E-state index in [0.29, 0.717) is 28.2 Å². The summed E-state index contributed by atoms with van der Waals surface area (Å²) in [5.41, 5.74) is 3.85. The number of fused-ring (bicyclic) bond motifs is 1. The Morgan fingerprint density at radius 3 is 2.27 bits per heavy atom. The molecule has 2 heterocycles. The molecule has 3 aromatic carbocycles. The highest BCUT2D eigenvalue weighted by atomic mass is 31.2.